The summed E-state index contributed by atoms with van der Waals surface area (Å²) in [6, 6.07) is 11.9. The number of benzene rings is 1. The molecule has 0 fully saturated rings. The number of hydrogen-bond acceptors (Lipinski definition) is 7. The minimum absolute atomic E-state index is 0.526. The van der Waals surface area contributed by atoms with Gasteiger partial charge in [0.2, 0.25) is 11.8 Å². The highest BCUT2D eigenvalue weighted by Gasteiger charge is 2.15. The van der Waals surface area contributed by atoms with Crippen LogP contribution in [0.4, 0.5) is 0 Å². The number of nitrogens with zero attached hydrogens (tertiary/aromatic N) is 3. The second-order valence-electron chi connectivity index (χ2n) is 5.48. The lowest BCUT2D eigenvalue weighted by Crippen LogP contribution is -1.84. The largest absolute Gasteiger partial charge is 0.440 e. The van der Waals surface area contributed by atoms with Gasteiger partial charge in [0.1, 0.15) is 5.76 Å². The van der Waals surface area contributed by atoms with Gasteiger partial charge in [-0.25, -0.2) is 4.98 Å². The van der Waals surface area contributed by atoms with Gasteiger partial charge in [0.15, 0.2) is 0 Å². The van der Waals surface area contributed by atoms with Gasteiger partial charge in [-0.05, 0) is 36.9 Å². The Kier molecular flexibility index (Phi) is 4.42. The van der Waals surface area contributed by atoms with E-state index in [-0.39, 0.29) is 0 Å². The van der Waals surface area contributed by atoms with Gasteiger partial charge < -0.3 is 8.83 Å². The molecule has 0 aliphatic rings. The molecule has 0 N–H and O–H groups in total. The molecule has 25 heavy (non-hydrogen) atoms. The van der Waals surface area contributed by atoms with Crippen LogP contribution in [0.3, 0.4) is 0 Å². The SMILES string of the molecule is Cc1ccccc1-c1nnc(SCc2nc(-c3cccs3)oc2C)o1. The third kappa shape index (κ3) is 3.38. The number of hydrogen-bond donors (Lipinski definition) is 0. The van der Waals surface area contributed by atoms with E-state index in [9.17, 15) is 0 Å². The lowest BCUT2D eigenvalue weighted by Gasteiger charge is -1.98. The van der Waals surface area contributed by atoms with Gasteiger partial charge in [-0.1, -0.05) is 36.0 Å². The molecule has 0 bridgehead atoms. The van der Waals surface area contributed by atoms with Gasteiger partial charge in [0.05, 0.1) is 10.6 Å². The molecule has 0 amide bonds. The smallest absolute Gasteiger partial charge is 0.277 e. The van der Waals surface area contributed by atoms with Crippen molar-refractivity contribution in [1.29, 1.82) is 0 Å². The molecule has 0 aliphatic heterocycles. The lowest BCUT2D eigenvalue weighted by molar-refractivity contribution is 0.465. The molecule has 4 rings (SSSR count). The Labute approximate surface area is 153 Å². The van der Waals surface area contributed by atoms with E-state index in [2.05, 4.69) is 15.2 Å². The Bertz CT molecular complexity index is 990. The molecular weight excluding hydrogens is 354 g/mol. The van der Waals surface area contributed by atoms with E-state index in [0.717, 1.165) is 27.5 Å². The first-order chi connectivity index (χ1) is 12.2. The van der Waals surface area contributed by atoms with E-state index in [0.29, 0.717) is 22.8 Å². The topological polar surface area (TPSA) is 65.0 Å². The molecule has 5 nitrogen and oxygen atoms in total. The highest BCUT2D eigenvalue weighted by molar-refractivity contribution is 7.98. The van der Waals surface area contributed by atoms with Crippen LogP contribution in [0.25, 0.3) is 22.2 Å². The van der Waals surface area contributed by atoms with E-state index in [4.69, 9.17) is 8.83 Å². The van der Waals surface area contributed by atoms with Crippen LogP contribution in [0.2, 0.25) is 0 Å². The molecule has 0 aliphatic carbocycles. The lowest BCUT2D eigenvalue weighted by atomic mass is 10.1. The zero-order chi connectivity index (χ0) is 17.2. The van der Waals surface area contributed by atoms with Crippen LogP contribution in [0.5, 0.6) is 0 Å². The number of thioether (sulfide) groups is 1. The standard InChI is InChI=1S/C18H15N3O2S2/c1-11-6-3-4-7-13(11)16-20-21-18(23-16)25-10-14-12(2)22-17(19-14)15-8-5-9-24-15/h3-9H,10H2,1-2H3. The molecule has 1 aromatic carbocycles. The average Bonchev–Trinajstić information content (AvgIpc) is 3.34. The molecule has 126 valence electrons. The Morgan fingerprint density at radius 3 is 2.68 bits per heavy atom. The van der Waals surface area contributed by atoms with E-state index in [1.54, 1.807) is 11.3 Å². The number of aryl methyl sites for hydroxylation is 2. The first-order valence-corrected chi connectivity index (χ1v) is 9.60. The quantitative estimate of drug-likeness (QED) is 0.441. The van der Waals surface area contributed by atoms with Gasteiger partial charge in [-0.15, -0.1) is 21.5 Å². The van der Waals surface area contributed by atoms with Crippen molar-refractivity contribution in [2.45, 2.75) is 24.8 Å². The fraction of sp³-hybridized carbons (Fsp3) is 0.167. The van der Waals surface area contributed by atoms with Crippen molar-refractivity contribution in [2.75, 3.05) is 0 Å². The van der Waals surface area contributed by atoms with E-state index in [1.165, 1.54) is 11.8 Å². The van der Waals surface area contributed by atoms with Gasteiger partial charge in [-0.3, -0.25) is 0 Å². The van der Waals surface area contributed by atoms with Crippen molar-refractivity contribution in [3.8, 4) is 22.2 Å². The summed E-state index contributed by atoms with van der Waals surface area (Å²) < 4.78 is 11.5. The van der Waals surface area contributed by atoms with Crippen LogP contribution in [-0.2, 0) is 5.75 Å². The molecule has 7 heteroatoms. The maximum absolute atomic E-state index is 5.78. The molecule has 3 aromatic heterocycles. The fourth-order valence-corrected chi connectivity index (χ4v) is 3.80. The second kappa shape index (κ2) is 6.85. The molecule has 3 heterocycles. The van der Waals surface area contributed by atoms with Crippen molar-refractivity contribution in [3.63, 3.8) is 0 Å². The zero-order valence-electron chi connectivity index (χ0n) is 13.7. The summed E-state index contributed by atoms with van der Waals surface area (Å²) >= 11 is 3.07. The van der Waals surface area contributed by atoms with E-state index in [1.807, 2.05) is 55.6 Å². The fourth-order valence-electron chi connectivity index (χ4n) is 2.39. The molecule has 0 saturated heterocycles. The van der Waals surface area contributed by atoms with E-state index < -0.39 is 0 Å². The molecule has 0 saturated carbocycles. The molecule has 0 spiro atoms. The summed E-state index contributed by atoms with van der Waals surface area (Å²) in [5, 5.41) is 10.8. The minimum Gasteiger partial charge on any atom is -0.440 e. The first-order valence-electron chi connectivity index (χ1n) is 7.73. The maximum Gasteiger partial charge on any atom is 0.277 e. The molecule has 0 radical (unpaired) electrons. The maximum atomic E-state index is 5.78. The normalized spacial score (nSPS) is 11.1. The van der Waals surface area contributed by atoms with Crippen LogP contribution in [0.1, 0.15) is 17.0 Å². The van der Waals surface area contributed by atoms with Gasteiger partial charge >= 0.3 is 0 Å². The van der Waals surface area contributed by atoms with Crippen LogP contribution in [-0.4, -0.2) is 15.2 Å². The average molecular weight is 369 g/mol. The summed E-state index contributed by atoms with van der Waals surface area (Å²) in [7, 11) is 0. The Hall–Kier alpha value is -2.38. The summed E-state index contributed by atoms with van der Waals surface area (Å²) in [4.78, 5) is 5.61. The highest BCUT2D eigenvalue weighted by atomic mass is 32.2. The van der Waals surface area contributed by atoms with Crippen molar-refractivity contribution in [2.24, 2.45) is 0 Å². The molecular formula is C18H15N3O2S2. The molecule has 4 aromatic rings. The van der Waals surface area contributed by atoms with Gasteiger partial charge in [0.25, 0.3) is 5.22 Å². The number of rotatable bonds is 5. The second-order valence-corrected chi connectivity index (χ2v) is 7.35. The van der Waals surface area contributed by atoms with Crippen molar-refractivity contribution >= 4 is 23.1 Å². The van der Waals surface area contributed by atoms with Crippen molar-refractivity contribution in [3.05, 3.63) is 58.8 Å². The summed E-state index contributed by atoms with van der Waals surface area (Å²) in [5.74, 6) is 2.64. The molecule has 0 unspecified atom stereocenters. The highest BCUT2D eigenvalue weighted by Crippen LogP contribution is 2.30. The monoisotopic (exact) mass is 369 g/mol. The Morgan fingerprint density at radius 2 is 1.88 bits per heavy atom. The Balaban J connectivity index is 1.48. The number of aromatic nitrogens is 3. The summed E-state index contributed by atoms with van der Waals surface area (Å²) in [5.41, 5.74) is 2.96. The van der Waals surface area contributed by atoms with Crippen LogP contribution < -0.4 is 0 Å². The van der Waals surface area contributed by atoms with Gasteiger partial charge in [0, 0.05) is 11.3 Å². The molecule has 0 atom stereocenters. The van der Waals surface area contributed by atoms with E-state index >= 15 is 0 Å². The third-order valence-corrected chi connectivity index (χ3v) is 5.43. The van der Waals surface area contributed by atoms with Crippen LogP contribution >= 0.6 is 23.1 Å². The van der Waals surface area contributed by atoms with Crippen LogP contribution in [0.15, 0.2) is 55.8 Å². The number of oxazole rings is 1. The predicted octanol–water partition coefficient (Wildman–Crippen LogP) is 5.36. The first kappa shape index (κ1) is 16.1. The number of thiophene rings is 1. The third-order valence-electron chi connectivity index (χ3n) is 3.74. The summed E-state index contributed by atoms with van der Waals surface area (Å²) in [6.07, 6.45) is 0. The van der Waals surface area contributed by atoms with Crippen molar-refractivity contribution < 1.29 is 8.83 Å². The minimum atomic E-state index is 0.526. The zero-order valence-corrected chi connectivity index (χ0v) is 15.4. The van der Waals surface area contributed by atoms with Crippen molar-refractivity contribution in [1.82, 2.24) is 15.2 Å². The summed E-state index contributed by atoms with van der Waals surface area (Å²) in [6.45, 7) is 3.95. The predicted molar refractivity (Wildman–Crippen MR) is 98.6 cm³/mol. The van der Waals surface area contributed by atoms with Gasteiger partial charge in [-0.2, -0.15) is 0 Å². The van der Waals surface area contributed by atoms with Crippen LogP contribution in [0, 0.1) is 13.8 Å². The Morgan fingerprint density at radius 1 is 1.00 bits per heavy atom.